The van der Waals surface area contributed by atoms with E-state index < -0.39 is 0 Å². The number of aryl methyl sites for hydroxylation is 3. The van der Waals surface area contributed by atoms with Gasteiger partial charge >= 0.3 is 0 Å². The van der Waals surface area contributed by atoms with E-state index >= 15 is 0 Å². The zero-order valence-electron chi connectivity index (χ0n) is 41.4. The molecule has 0 aromatic heterocycles. The van der Waals surface area contributed by atoms with Crippen LogP contribution < -0.4 is 0 Å². The molecule has 0 heterocycles. The van der Waals surface area contributed by atoms with Crippen molar-refractivity contribution in [1.82, 2.24) is 0 Å². The molecule has 6 rings (SSSR count). The normalized spacial score (nSPS) is 6.54. The summed E-state index contributed by atoms with van der Waals surface area (Å²) in [5.41, 5.74) is 3.97. The van der Waals surface area contributed by atoms with Crippen LogP contribution in [0.5, 0.6) is 0 Å². The topological polar surface area (TPSA) is 0 Å². The average Bonchev–Trinajstić information content (AvgIpc) is 3.25. The predicted octanol–water partition coefficient (Wildman–Crippen LogP) is 19.5. The molecule has 0 amide bonds. The first-order valence-electron chi connectivity index (χ1n) is 19.6. The van der Waals surface area contributed by atoms with Gasteiger partial charge in [-0.05, 0) is 31.5 Å². The number of hydrogen-bond acceptors (Lipinski definition) is 0. The van der Waals surface area contributed by atoms with Gasteiger partial charge in [-0.2, -0.15) is 0 Å². The summed E-state index contributed by atoms with van der Waals surface area (Å²) in [5, 5.41) is 2.62. The second-order valence-corrected chi connectivity index (χ2v) is 8.47. The van der Waals surface area contributed by atoms with E-state index in [4.69, 9.17) is 0 Å². The Morgan fingerprint density at radius 1 is 0.193 bits per heavy atom. The van der Waals surface area contributed by atoms with E-state index in [1.165, 1.54) is 27.5 Å². The molecule has 57 heavy (non-hydrogen) atoms. The van der Waals surface area contributed by atoms with E-state index in [1.54, 1.807) is 0 Å². The van der Waals surface area contributed by atoms with Gasteiger partial charge < -0.3 is 29.7 Å². The van der Waals surface area contributed by atoms with Gasteiger partial charge in [-0.15, -0.1) is 0 Å². The van der Waals surface area contributed by atoms with Crippen LogP contribution in [0.3, 0.4) is 0 Å². The second kappa shape index (κ2) is 85.8. The van der Waals surface area contributed by atoms with Crippen molar-refractivity contribution in [3.8, 4) is 0 Å². The van der Waals surface area contributed by atoms with Crippen LogP contribution >= 0.6 is 0 Å². The molecule has 0 saturated carbocycles. The van der Waals surface area contributed by atoms with E-state index in [1.807, 2.05) is 188 Å². The Labute approximate surface area is 412 Å². The third kappa shape index (κ3) is 68.8. The fourth-order valence-corrected chi connectivity index (χ4v) is 3.12. The van der Waals surface area contributed by atoms with Crippen LogP contribution in [0.15, 0.2) is 176 Å². The van der Waals surface area contributed by atoms with Crippen LogP contribution in [0, 0.1) is 50.5 Å². The van der Waals surface area contributed by atoms with Crippen molar-refractivity contribution >= 4 is 10.8 Å². The minimum Gasteiger partial charge on any atom is -0.358 e. The number of benzene rings is 6. The van der Waals surface area contributed by atoms with Gasteiger partial charge in [-0.3, -0.25) is 0 Å². The standard InChI is InChI=1S/C10H8.3C7H8.C6H6.7C2H6.4CH3.2Y/c1-2-6-10-8-4-3-7-9(10)5-1;3*1-7-5-3-2-4-6-7;1-2-4-6-5-3-1;7*1-2;;;;;;/h1-8H;3*2-6H,1H3;1-6H;7*1-2H3;4*1H3;;/q;;;;;;;;;;;;4*-1;;. The van der Waals surface area contributed by atoms with Crippen molar-refractivity contribution in [2.24, 2.45) is 0 Å². The number of hydrogen-bond donors (Lipinski definition) is 0. The van der Waals surface area contributed by atoms with Crippen LogP contribution in [-0.2, 0) is 65.4 Å². The minimum atomic E-state index is 0. The molecule has 0 atom stereocenters. The molecular weight excluding hydrogens is 838 g/mol. The molecule has 0 nitrogen and oxygen atoms in total. The van der Waals surface area contributed by atoms with E-state index in [9.17, 15) is 0 Å². The molecule has 0 aliphatic rings. The smallest absolute Gasteiger partial charge is 0 e. The molecule has 0 aliphatic carbocycles. The van der Waals surface area contributed by atoms with E-state index in [-0.39, 0.29) is 95.1 Å². The van der Waals surface area contributed by atoms with Gasteiger partial charge in [0.25, 0.3) is 0 Å². The summed E-state index contributed by atoms with van der Waals surface area (Å²) in [6, 6.07) is 59.5. The zero-order chi connectivity index (χ0) is 40.4. The summed E-state index contributed by atoms with van der Waals surface area (Å²) < 4.78 is 0. The summed E-state index contributed by atoms with van der Waals surface area (Å²) in [6.45, 7) is 34.2. The van der Waals surface area contributed by atoms with Gasteiger partial charge in [-0.25, -0.2) is 0 Å². The SMILES string of the molecule is CC.CC.CC.CC.CC.CC.CC.Cc1ccccc1.Cc1ccccc1.Cc1ccccc1.[CH3-].[CH3-].[CH3-].[CH3-].[Y].[Y].c1ccc2ccccc2c1.c1ccccc1. The second-order valence-electron chi connectivity index (χ2n) is 8.47. The molecule has 0 unspecified atom stereocenters. The van der Waals surface area contributed by atoms with Crippen LogP contribution in [-0.4, -0.2) is 0 Å². The maximum absolute atomic E-state index is 2.12. The Balaban J connectivity index is -0.0000000405. The Morgan fingerprint density at radius 2 is 0.298 bits per heavy atom. The van der Waals surface area contributed by atoms with Crippen LogP contribution in [0.25, 0.3) is 10.8 Å². The van der Waals surface area contributed by atoms with E-state index in [2.05, 4.69) is 106 Å². The molecule has 2 radical (unpaired) electrons. The van der Waals surface area contributed by atoms with Gasteiger partial charge in [0.2, 0.25) is 0 Å². The first kappa shape index (κ1) is 86.6. The van der Waals surface area contributed by atoms with Crippen molar-refractivity contribution in [2.75, 3.05) is 0 Å². The van der Waals surface area contributed by atoms with Crippen LogP contribution in [0.4, 0.5) is 0 Å². The molecule has 0 fully saturated rings. The van der Waals surface area contributed by atoms with Crippen molar-refractivity contribution in [3.63, 3.8) is 0 Å². The van der Waals surface area contributed by atoms with E-state index in [0.717, 1.165) is 0 Å². The van der Waals surface area contributed by atoms with Gasteiger partial charge in [0.1, 0.15) is 0 Å². The monoisotopic (exact) mass is 931 g/mol. The molecular formula is C55H92Y2-4. The third-order valence-corrected chi connectivity index (χ3v) is 5.15. The third-order valence-electron chi connectivity index (χ3n) is 5.15. The molecule has 0 saturated heterocycles. The molecule has 322 valence electrons. The molecule has 2 heteroatoms. The summed E-state index contributed by atoms with van der Waals surface area (Å²) >= 11 is 0. The van der Waals surface area contributed by atoms with Gasteiger partial charge in [0.05, 0.1) is 0 Å². The Morgan fingerprint density at radius 3 is 0.404 bits per heavy atom. The Hall–Kier alpha value is -2.21. The molecule has 0 bridgehead atoms. The van der Waals surface area contributed by atoms with E-state index in [0.29, 0.717) is 0 Å². The maximum Gasteiger partial charge on any atom is 0 e. The zero-order valence-corrected chi connectivity index (χ0v) is 47.1. The largest absolute Gasteiger partial charge is 0.358 e. The fourth-order valence-electron chi connectivity index (χ4n) is 3.12. The number of rotatable bonds is 0. The Kier molecular flexibility index (Phi) is 130. The fraction of sp³-hybridized carbons (Fsp3) is 0.309. The molecule has 6 aromatic rings. The average molecular weight is 931 g/mol. The first-order valence-corrected chi connectivity index (χ1v) is 19.6. The molecule has 0 aliphatic heterocycles. The molecule has 0 N–H and O–H groups in total. The predicted molar refractivity (Wildman–Crippen MR) is 269 cm³/mol. The van der Waals surface area contributed by atoms with Crippen LogP contribution in [0.2, 0.25) is 0 Å². The van der Waals surface area contributed by atoms with Crippen molar-refractivity contribution in [2.45, 2.75) is 118 Å². The summed E-state index contributed by atoms with van der Waals surface area (Å²) in [6.07, 6.45) is 0. The van der Waals surface area contributed by atoms with Crippen molar-refractivity contribution < 1.29 is 65.4 Å². The minimum absolute atomic E-state index is 0. The quantitative estimate of drug-likeness (QED) is 0.133. The van der Waals surface area contributed by atoms with Gasteiger partial charge in [0, 0.05) is 65.4 Å². The van der Waals surface area contributed by atoms with Crippen molar-refractivity contribution in [1.29, 1.82) is 0 Å². The summed E-state index contributed by atoms with van der Waals surface area (Å²) in [7, 11) is 0. The van der Waals surface area contributed by atoms with Crippen molar-refractivity contribution in [3.05, 3.63) is 222 Å². The molecule has 0 spiro atoms. The first-order chi connectivity index (χ1) is 25.1. The molecule has 6 aromatic carbocycles. The summed E-state index contributed by atoms with van der Waals surface area (Å²) in [4.78, 5) is 0. The Bertz CT molecular complexity index is 1140. The maximum atomic E-state index is 2.12. The van der Waals surface area contributed by atoms with Crippen LogP contribution in [0.1, 0.15) is 114 Å². The number of fused-ring (bicyclic) bond motifs is 1. The van der Waals surface area contributed by atoms with Gasteiger partial charge in [-0.1, -0.05) is 290 Å². The summed E-state index contributed by atoms with van der Waals surface area (Å²) in [5.74, 6) is 0. The van der Waals surface area contributed by atoms with Gasteiger partial charge in [0.15, 0.2) is 0 Å².